The van der Waals surface area contributed by atoms with Gasteiger partial charge in [-0.05, 0) is 0 Å². The zero-order valence-corrected chi connectivity index (χ0v) is 13.1. The number of aliphatic carboxylic acids is 1. The summed E-state index contributed by atoms with van der Waals surface area (Å²) in [5, 5.41) is 49.0. The maximum Gasteiger partial charge on any atom is 0.335 e. The van der Waals surface area contributed by atoms with Gasteiger partial charge in [-0.3, -0.25) is 0 Å². The smallest absolute Gasteiger partial charge is 0.335 e. The SMILES string of the molecule is COC1OCC(OC2OC(C(=O)O)C(OC)C(O)C2O)C(O)C1O. The summed E-state index contributed by atoms with van der Waals surface area (Å²) >= 11 is 0. The molecule has 0 saturated carbocycles. The predicted molar refractivity (Wildman–Crippen MR) is 72.7 cm³/mol. The molecule has 0 aliphatic carbocycles. The molecule has 2 rings (SSSR count). The van der Waals surface area contributed by atoms with Crippen molar-refractivity contribution < 1.29 is 54.0 Å². The van der Waals surface area contributed by atoms with Crippen molar-refractivity contribution in [3.05, 3.63) is 0 Å². The fraction of sp³-hybridized carbons (Fsp3) is 0.923. The highest BCUT2D eigenvalue weighted by Gasteiger charge is 2.50. The number of ether oxygens (including phenoxy) is 5. The Balaban J connectivity index is 2.07. The molecule has 0 amide bonds. The van der Waals surface area contributed by atoms with E-state index in [0.717, 1.165) is 0 Å². The van der Waals surface area contributed by atoms with Gasteiger partial charge in [-0.1, -0.05) is 0 Å². The van der Waals surface area contributed by atoms with E-state index in [4.69, 9.17) is 28.8 Å². The molecule has 9 unspecified atom stereocenters. The minimum atomic E-state index is -1.63. The Kier molecular flexibility index (Phi) is 6.47. The summed E-state index contributed by atoms with van der Waals surface area (Å²) in [5.41, 5.74) is 0. The predicted octanol–water partition coefficient (Wildman–Crippen LogP) is -3.36. The molecule has 0 aromatic heterocycles. The molecule has 0 bridgehead atoms. The van der Waals surface area contributed by atoms with Crippen LogP contribution in [0.25, 0.3) is 0 Å². The van der Waals surface area contributed by atoms with Gasteiger partial charge in [0.05, 0.1) is 6.61 Å². The number of carbonyl (C=O) groups is 1. The number of aliphatic hydroxyl groups excluding tert-OH is 4. The van der Waals surface area contributed by atoms with Gasteiger partial charge in [0.2, 0.25) is 0 Å². The summed E-state index contributed by atoms with van der Waals surface area (Å²) in [6.45, 7) is -0.204. The van der Waals surface area contributed by atoms with E-state index < -0.39 is 61.3 Å². The summed E-state index contributed by atoms with van der Waals surface area (Å²) in [5.74, 6) is -1.42. The Labute approximate surface area is 137 Å². The second kappa shape index (κ2) is 7.99. The molecule has 9 atom stereocenters. The van der Waals surface area contributed by atoms with Gasteiger partial charge in [0.15, 0.2) is 18.7 Å². The van der Waals surface area contributed by atoms with E-state index >= 15 is 0 Å². The number of hydrogen-bond donors (Lipinski definition) is 5. The largest absolute Gasteiger partial charge is 0.479 e. The summed E-state index contributed by atoms with van der Waals surface area (Å²) < 4.78 is 25.3. The highest BCUT2D eigenvalue weighted by molar-refractivity contribution is 5.73. The third-order valence-electron chi connectivity index (χ3n) is 4.04. The van der Waals surface area contributed by atoms with Gasteiger partial charge < -0.3 is 49.2 Å². The van der Waals surface area contributed by atoms with Gasteiger partial charge in [0.25, 0.3) is 0 Å². The average molecular weight is 354 g/mol. The third-order valence-corrected chi connectivity index (χ3v) is 4.04. The summed E-state index contributed by atoms with van der Waals surface area (Å²) in [7, 11) is 2.45. The van der Waals surface area contributed by atoms with E-state index in [9.17, 15) is 25.2 Å². The molecule has 0 radical (unpaired) electrons. The molecule has 11 heteroatoms. The van der Waals surface area contributed by atoms with Crippen LogP contribution < -0.4 is 0 Å². The van der Waals surface area contributed by atoms with Crippen molar-refractivity contribution in [1.29, 1.82) is 0 Å². The number of carboxylic acid groups (broad SMARTS) is 1. The lowest BCUT2D eigenvalue weighted by Gasteiger charge is -2.43. The fourth-order valence-electron chi connectivity index (χ4n) is 2.68. The van der Waals surface area contributed by atoms with E-state index in [1.807, 2.05) is 0 Å². The van der Waals surface area contributed by atoms with E-state index in [-0.39, 0.29) is 6.61 Å². The van der Waals surface area contributed by atoms with Crippen molar-refractivity contribution >= 4 is 5.97 Å². The van der Waals surface area contributed by atoms with Gasteiger partial charge in [0, 0.05) is 14.2 Å². The third kappa shape index (κ3) is 3.69. The molecule has 2 aliphatic rings. The van der Waals surface area contributed by atoms with Gasteiger partial charge in [-0.25, -0.2) is 4.79 Å². The van der Waals surface area contributed by atoms with Crippen LogP contribution in [-0.4, -0.2) is 108 Å². The van der Waals surface area contributed by atoms with Crippen molar-refractivity contribution in [3.63, 3.8) is 0 Å². The van der Waals surface area contributed by atoms with E-state index in [2.05, 4.69) is 0 Å². The van der Waals surface area contributed by atoms with Crippen molar-refractivity contribution in [3.8, 4) is 0 Å². The van der Waals surface area contributed by atoms with Crippen LogP contribution in [-0.2, 0) is 28.5 Å². The summed E-state index contributed by atoms with van der Waals surface area (Å²) in [6, 6.07) is 0. The lowest BCUT2D eigenvalue weighted by molar-refractivity contribution is -0.338. The Morgan fingerprint density at radius 2 is 1.58 bits per heavy atom. The van der Waals surface area contributed by atoms with Crippen LogP contribution in [0, 0.1) is 0 Å². The van der Waals surface area contributed by atoms with Crippen molar-refractivity contribution in [2.45, 2.75) is 55.3 Å². The second-order valence-electron chi connectivity index (χ2n) is 5.54. The molecule has 2 saturated heterocycles. The molecule has 140 valence electrons. The molecule has 11 nitrogen and oxygen atoms in total. The average Bonchev–Trinajstić information content (AvgIpc) is 2.55. The zero-order chi connectivity index (χ0) is 18.0. The summed E-state index contributed by atoms with van der Waals surface area (Å²) in [4.78, 5) is 11.2. The molecular weight excluding hydrogens is 332 g/mol. The highest BCUT2D eigenvalue weighted by atomic mass is 16.7. The standard InChI is InChI=1S/C13H22O11/c1-20-9-6(15)8(17)13(24-10(9)11(18)19)23-4-3-22-12(21-2)7(16)5(4)14/h4-10,12-17H,3H2,1-2H3,(H,18,19). The molecule has 5 N–H and O–H groups in total. The minimum Gasteiger partial charge on any atom is -0.479 e. The molecule has 2 aliphatic heterocycles. The van der Waals surface area contributed by atoms with Gasteiger partial charge in [-0.2, -0.15) is 0 Å². The number of aliphatic hydroxyl groups is 4. The van der Waals surface area contributed by atoms with E-state index in [0.29, 0.717) is 0 Å². The lowest BCUT2D eigenvalue weighted by atomic mass is 9.98. The molecule has 2 heterocycles. The van der Waals surface area contributed by atoms with Crippen LogP contribution in [0.15, 0.2) is 0 Å². The number of methoxy groups -OCH3 is 2. The van der Waals surface area contributed by atoms with Crippen LogP contribution in [0.4, 0.5) is 0 Å². The number of carboxylic acids is 1. The molecule has 24 heavy (non-hydrogen) atoms. The normalized spacial score (nSPS) is 46.7. The van der Waals surface area contributed by atoms with Crippen LogP contribution in [0.3, 0.4) is 0 Å². The van der Waals surface area contributed by atoms with Crippen molar-refractivity contribution in [1.82, 2.24) is 0 Å². The molecule has 0 aromatic carbocycles. The monoisotopic (exact) mass is 354 g/mol. The first-order chi connectivity index (χ1) is 11.3. The molecule has 0 aromatic rings. The van der Waals surface area contributed by atoms with Crippen LogP contribution in [0.1, 0.15) is 0 Å². The van der Waals surface area contributed by atoms with Gasteiger partial charge in [0.1, 0.15) is 36.6 Å². The summed E-state index contributed by atoms with van der Waals surface area (Å²) in [6.07, 6.45) is -12.7. The van der Waals surface area contributed by atoms with Crippen LogP contribution in [0.2, 0.25) is 0 Å². The minimum absolute atomic E-state index is 0.204. The first-order valence-corrected chi connectivity index (χ1v) is 7.25. The Hall–Kier alpha value is -0.890. The quantitative estimate of drug-likeness (QED) is 0.335. The van der Waals surface area contributed by atoms with Gasteiger partial charge in [-0.15, -0.1) is 0 Å². The van der Waals surface area contributed by atoms with Gasteiger partial charge >= 0.3 is 5.97 Å². The first-order valence-electron chi connectivity index (χ1n) is 7.25. The number of hydrogen-bond acceptors (Lipinski definition) is 10. The Morgan fingerprint density at radius 3 is 2.12 bits per heavy atom. The topological polar surface area (TPSA) is 164 Å². The molecule has 0 spiro atoms. The van der Waals surface area contributed by atoms with Crippen LogP contribution >= 0.6 is 0 Å². The maximum atomic E-state index is 11.2. The van der Waals surface area contributed by atoms with E-state index in [1.165, 1.54) is 14.2 Å². The maximum absolute atomic E-state index is 11.2. The highest BCUT2D eigenvalue weighted by Crippen LogP contribution is 2.27. The molecule has 2 fully saturated rings. The van der Waals surface area contributed by atoms with Crippen LogP contribution in [0.5, 0.6) is 0 Å². The molecular formula is C13H22O11. The van der Waals surface area contributed by atoms with Crippen molar-refractivity contribution in [2.75, 3.05) is 20.8 Å². The zero-order valence-electron chi connectivity index (χ0n) is 13.1. The lowest BCUT2D eigenvalue weighted by Crippen LogP contribution is -2.63. The van der Waals surface area contributed by atoms with E-state index in [1.54, 1.807) is 0 Å². The fourth-order valence-corrected chi connectivity index (χ4v) is 2.68. The first kappa shape index (κ1) is 19.4. The Morgan fingerprint density at radius 1 is 0.958 bits per heavy atom. The van der Waals surface area contributed by atoms with Crippen molar-refractivity contribution in [2.24, 2.45) is 0 Å². The number of rotatable bonds is 5. The second-order valence-corrected chi connectivity index (χ2v) is 5.54. The Bertz CT molecular complexity index is 432.